The van der Waals surface area contributed by atoms with E-state index in [0.717, 1.165) is 0 Å². The number of nitrogens with two attached hydrogens (primary N) is 2. The van der Waals surface area contributed by atoms with Crippen LogP contribution in [-0.4, -0.2) is 38.2 Å². The minimum absolute atomic E-state index is 0.251. The Hall–Kier alpha value is -1.22. The zero-order valence-corrected chi connectivity index (χ0v) is 10.5. The molecule has 0 bridgehead atoms. The fourth-order valence-corrected chi connectivity index (χ4v) is 2.42. The van der Waals surface area contributed by atoms with E-state index in [2.05, 4.69) is 10.9 Å². The maximum atomic E-state index is 11.7. The Morgan fingerprint density at radius 2 is 1.28 bits per heavy atom. The van der Waals surface area contributed by atoms with E-state index in [1.807, 2.05) is 0 Å². The fourth-order valence-electron chi connectivity index (χ4n) is 2.42. The van der Waals surface area contributed by atoms with Gasteiger partial charge in [0, 0.05) is 14.2 Å². The van der Waals surface area contributed by atoms with Crippen LogP contribution in [0.4, 0.5) is 0 Å². The molecule has 6 N–H and O–H groups in total. The number of carbonyl (C=O) groups is 2. The third-order valence-corrected chi connectivity index (χ3v) is 3.44. The maximum Gasteiger partial charge on any atom is 0.237 e. The van der Waals surface area contributed by atoms with Crippen LogP contribution in [0.1, 0.15) is 12.8 Å². The average molecular weight is 260 g/mol. The minimum Gasteiger partial charge on any atom is -0.379 e. The highest BCUT2D eigenvalue weighted by Gasteiger charge is 2.44. The lowest BCUT2D eigenvalue weighted by Gasteiger charge is -2.38. The summed E-state index contributed by atoms with van der Waals surface area (Å²) in [5.41, 5.74) is 4.13. The molecule has 0 heterocycles. The summed E-state index contributed by atoms with van der Waals surface area (Å²) in [5, 5.41) is 0. The van der Waals surface area contributed by atoms with Gasteiger partial charge in [-0.2, -0.15) is 0 Å². The molecule has 0 aromatic heterocycles. The summed E-state index contributed by atoms with van der Waals surface area (Å²) in [6, 6.07) is 0. The van der Waals surface area contributed by atoms with Gasteiger partial charge in [0.05, 0.1) is 24.0 Å². The van der Waals surface area contributed by atoms with Crippen molar-refractivity contribution in [1.82, 2.24) is 10.9 Å². The van der Waals surface area contributed by atoms with E-state index in [9.17, 15) is 9.59 Å². The van der Waals surface area contributed by atoms with Gasteiger partial charge in [0.15, 0.2) is 0 Å². The van der Waals surface area contributed by atoms with E-state index >= 15 is 0 Å². The van der Waals surface area contributed by atoms with Crippen molar-refractivity contribution in [2.45, 2.75) is 25.0 Å². The molecular weight excluding hydrogens is 240 g/mol. The Labute approximate surface area is 105 Å². The van der Waals surface area contributed by atoms with Crippen molar-refractivity contribution < 1.29 is 19.1 Å². The average Bonchev–Trinajstić information content (AvgIpc) is 2.43. The van der Waals surface area contributed by atoms with Gasteiger partial charge in [0.25, 0.3) is 0 Å². The Morgan fingerprint density at radius 3 is 1.50 bits per heavy atom. The molecular formula is C10H20N4O4. The molecule has 1 rings (SSSR count). The Morgan fingerprint density at radius 1 is 0.944 bits per heavy atom. The number of hydrazine groups is 2. The van der Waals surface area contributed by atoms with E-state index in [4.69, 9.17) is 21.2 Å². The lowest BCUT2D eigenvalue weighted by atomic mass is 9.75. The van der Waals surface area contributed by atoms with Crippen molar-refractivity contribution in [3.8, 4) is 0 Å². The molecule has 2 unspecified atom stereocenters. The summed E-state index contributed by atoms with van der Waals surface area (Å²) in [6.07, 6.45) is 0.213. The lowest BCUT2D eigenvalue weighted by Crippen LogP contribution is -2.53. The van der Waals surface area contributed by atoms with Gasteiger partial charge in [0.2, 0.25) is 11.8 Å². The Balaban J connectivity index is 2.90. The summed E-state index contributed by atoms with van der Waals surface area (Å²) < 4.78 is 10.5. The zero-order chi connectivity index (χ0) is 13.7. The third-order valence-electron chi connectivity index (χ3n) is 3.44. The maximum absolute atomic E-state index is 11.7. The summed E-state index contributed by atoms with van der Waals surface area (Å²) in [5.74, 6) is 8.30. The first-order valence-corrected chi connectivity index (χ1v) is 5.65. The molecule has 8 nitrogen and oxygen atoms in total. The van der Waals surface area contributed by atoms with E-state index in [1.165, 1.54) is 14.2 Å². The molecule has 0 aliphatic heterocycles. The van der Waals surface area contributed by atoms with Gasteiger partial charge in [-0.25, -0.2) is 11.7 Å². The quantitative estimate of drug-likeness (QED) is 0.263. The zero-order valence-electron chi connectivity index (χ0n) is 10.5. The molecule has 0 spiro atoms. The monoisotopic (exact) mass is 260 g/mol. The van der Waals surface area contributed by atoms with Crippen LogP contribution in [0.25, 0.3) is 0 Å². The Kier molecular flexibility index (Phi) is 5.48. The van der Waals surface area contributed by atoms with Crippen LogP contribution in [0.5, 0.6) is 0 Å². The van der Waals surface area contributed by atoms with Crippen molar-refractivity contribution in [3.05, 3.63) is 0 Å². The van der Waals surface area contributed by atoms with Gasteiger partial charge in [-0.15, -0.1) is 0 Å². The van der Waals surface area contributed by atoms with Crippen molar-refractivity contribution >= 4 is 11.8 Å². The number of nitrogens with one attached hydrogen (secondary N) is 2. The van der Waals surface area contributed by atoms with Gasteiger partial charge in [0.1, 0.15) is 0 Å². The number of rotatable bonds is 4. The summed E-state index contributed by atoms with van der Waals surface area (Å²) >= 11 is 0. The largest absolute Gasteiger partial charge is 0.379 e. The number of amides is 2. The lowest BCUT2D eigenvalue weighted by molar-refractivity contribution is -0.147. The molecule has 1 aliphatic carbocycles. The van der Waals surface area contributed by atoms with Crippen LogP contribution in [-0.2, 0) is 19.1 Å². The van der Waals surface area contributed by atoms with E-state index < -0.39 is 23.7 Å². The topological polar surface area (TPSA) is 129 Å². The second kappa shape index (κ2) is 6.64. The van der Waals surface area contributed by atoms with E-state index in [-0.39, 0.29) is 12.2 Å². The fraction of sp³-hybridized carbons (Fsp3) is 0.800. The first-order chi connectivity index (χ1) is 8.58. The number of hydrogen-bond donors (Lipinski definition) is 4. The van der Waals surface area contributed by atoms with Crippen molar-refractivity contribution in [2.24, 2.45) is 23.5 Å². The van der Waals surface area contributed by atoms with Gasteiger partial charge in [-0.05, 0) is 12.8 Å². The highest BCUT2D eigenvalue weighted by molar-refractivity contribution is 5.87. The molecule has 0 saturated heterocycles. The minimum atomic E-state index is -0.574. The highest BCUT2D eigenvalue weighted by atomic mass is 16.5. The third kappa shape index (κ3) is 2.96. The van der Waals surface area contributed by atoms with Crippen LogP contribution < -0.4 is 22.5 Å². The molecule has 4 atom stereocenters. The predicted molar refractivity (Wildman–Crippen MR) is 62.5 cm³/mol. The molecule has 1 fully saturated rings. The molecule has 0 radical (unpaired) electrons. The summed E-state index contributed by atoms with van der Waals surface area (Å²) in [6.45, 7) is 0. The Bertz CT molecular complexity index is 282. The standard InChI is InChI=1S/C10H20N4O4/c1-17-7-3-5(9(15)13-11)6(10(16)14-12)4-8(7)18-2/h5-8H,3-4,11-12H2,1-2H3,(H,13,15)(H,14,16)/t5-,6+,7?,8?. The smallest absolute Gasteiger partial charge is 0.237 e. The van der Waals surface area contributed by atoms with Crippen molar-refractivity contribution in [2.75, 3.05) is 14.2 Å². The number of methoxy groups -OCH3 is 2. The molecule has 104 valence electrons. The number of hydrogen-bond acceptors (Lipinski definition) is 6. The normalized spacial score (nSPS) is 31.8. The summed E-state index contributed by atoms with van der Waals surface area (Å²) in [7, 11) is 3.08. The predicted octanol–water partition coefficient (Wildman–Crippen LogP) is -1.98. The molecule has 1 aliphatic rings. The molecule has 18 heavy (non-hydrogen) atoms. The van der Waals surface area contributed by atoms with E-state index in [1.54, 1.807) is 0 Å². The van der Waals surface area contributed by atoms with Crippen LogP contribution in [0, 0.1) is 11.8 Å². The molecule has 2 amide bonds. The first-order valence-electron chi connectivity index (χ1n) is 5.65. The van der Waals surface area contributed by atoms with Crippen LogP contribution >= 0.6 is 0 Å². The highest BCUT2D eigenvalue weighted by Crippen LogP contribution is 2.33. The second-order valence-electron chi connectivity index (χ2n) is 4.25. The SMILES string of the molecule is COC1C[C@H](C(=O)NN)[C@H](C(=O)NN)CC1OC. The van der Waals surface area contributed by atoms with Gasteiger partial charge >= 0.3 is 0 Å². The number of ether oxygens (including phenoxy) is 2. The van der Waals surface area contributed by atoms with Crippen molar-refractivity contribution in [3.63, 3.8) is 0 Å². The molecule has 8 heteroatoms. The van der Waals surface area contributed by atoms with Gasteiger partial charge in [-0.3, -0.25) is 20.4 Å². The number of carbonyl (C=O) groups excluding carboxylic acids is 2. The first kappa shape index (κ1) is 14.8. The van der Waals surface area contributed by atoms with E-state index in [0.29, 0.717) is 12.8 Å². The summed E-state index contributed by atoms with van der Waals surface area (Å²) in [4.78, 5) is 23.4. The van der Waals surface area contributed by atoms with Crippen LogP contribution in [0.15, 0.2) is 0 Å². The molecule has 1 saturated carbocycles. The molecule has 0 aromatic carbocycles. The van der Waals surface area contributed by atoms with Crippen LogP contribution in [0.3, 0.4) is 0 Å². The van der Waals surface area contributed by atoms with Gasteiger partial charge < -0.3 is 9.47 Å². The van der Waals surface area contributed by atoms with Crippen LogP contribution in [0.2, 0.25) is 0 Å². The second-order valence-corrected chi connectivity index (χ2v) is 4.25. The molecule has 0 aromatic rings. The van der Waals surface area contributed by atoms with Crippen molar-refractivity contribution in [1.29, 1.82) is 0 Å². The van der Waals surface area contributed by atoms with Gasteiger partial charge in [-0.1, -0.05) is 0 Å².